The van der Waals surface area contributed by atoms with E-state index in [9.17, 15) is 9.59 Å². The van der Waals surface area contributed by atoms with Gasteiger partial charge in [-0.3, -0.25) is 4.79 Å². The van der Waals surface area contributed by atoms with Crippen LogP contribution in [0.25, 0.3) is 0 Å². The maximum Gasteiger partial charge on any atom is 0.365 e. The minimum absolute atomic E-state index is 0.0536. The molecular formula is C5H3NO3S. The SMILES string of the molecule is O=Cc1csc(C(=O)O)n1. The van der Waals surface area contributed by atoms with E-state index in [-0.39, 0.29) is 10.7 Å². The third-order valence-corrected chi connectivity index (χ3v) is 1.67. The molecule has 1 aromatic rings. The summed E-state index contributed by atoms with van der Waals surface area (Å²) in [5, 5.41) is 9.67. The number of aromatic carboxylic acids is 1. The van der Waals surface area contributed by atoms with Crippen molar-refractivity contribution in [1.82, 2.24) is 4.98 Å². The van der Waals surface area contributed by atoms with Crippen LogP contribution < -0.4 is 0 Å². The van der Waals surface area contributed by atoms with Crippen molar-refractivity contribution in [2.45, 2.75) is 0 Å². The number of hydrogen-bond acceptors (Lipinski definition) is 4. The second-order valence-corrected chi connectivity index (χ2v) is 2.36. The zero-order chi connectivity index (χ0) is 7.56. The summed E-state index contributed by atoms with van der Waals surface area (Å²) in [4.78, 5) is 23.6. The molecule has 0 saturated heterocycles. The van der Waals surface area contributed by atoms with Gasteiger partial charge in [0.2, 0.25) is 5.01 Å². The number of carboxylic acid groups (broad SMARTS) is 1. The molecule has 0 amide bonds. The van der Waals surface area contributed by atoms with E-state index in [4.69, 9.17) is 5.11 Å². The largest absolute Gasteiger partial charge is 0.476 e. The lowest BCUT2D eigenvalue weighted by Crippen LogP contribution is -1.94. The normalized spacial score (nSPS) is 9.20. The van der Waals surface area contributed by atoms with Crippen LogP contribution in [0.4, 0.5) is 0 Å². The molecular weight excluding hydrogens is 154 g/mol. The summed E-state index contributed by atoms with van der Waals surface area (Å²) in [6.07, 6.45) is 0.517. The molecule has 1 rings (SSSR count). The fourth-order valence-corrected chi connectivity index (χ4v) is 1.04. The Morgan fingerprint density at radius 3 is 2.80 bits per heavy atom. The van der Waals surface area contributed by atoms with Crippen LogP contribution in [0.3, 0.4) is 0 Å². The number of hydrogen-bond donors (Lipinski definition) is 1. The minimum atomic E-state index is -1.10. The van der Waals surface area contributed by atoms with Gasteiger partial charge in [0, 0.05) is 5.38 Å². The Labute approximate surface area is 60.1 Å². The van der Waals surface area contributed by atoms with Gasteiger partial charge in [0.15, 0.2) is 6.29 Å². The van der Waals surface area contributed by atoms with E-state index in [1.165, 1.54) is 5.38 Å². The number of carbonyl (C=O) groups is 2. The van der Waals surface area contributed by atoms with Gasteiger partial charge >= 0.3 is 5.97 Å². The Morgan fingerprint density at radius 2 is 2.50 bits per heavy atom. The van der Waals surface area contributed by atoms with E-state index in [2.05, 4.69) is 4.98 Å². The van der Waals surface area contributed by atoms with E-state index in [0.717, 1.165) is 11.3 Å². The van der Waals surface area contributed by atoms with Crippen LogP contribution in [0.2, 0.25) is 0 Å². The molecule has 52 valence electrons. The first-order chi connectivity index (χ1) is 4.74. The van der Waals surface area contributed by atoms with Crippen LogP contribution in [0.15, 0.2) is 5.38 Å². The van der Waals surface area contributed by atoms with Crippen molar-refractivity contribution in [3.05, 3.63) is 16.1 Å². The van der Waals surface area contributed by atoms with E-state index in [1.54, 1.807) is 0 Å². The van der Waals surface area contributed by atoms with E-state index in [0.29, 0.717) is 6.29 Å². The number of carboxylic acids is 1. The van der Waals surface area contributed by atoms with Gasteiger partial charge in [0.05, 0.1) is 0 Å². The molecule has 0 fully saturated rings. The van der Waals surface area contributed by atoms with Crippen molar-refractivity contribution in [2.75, 3.05) is 0 Å². The second-order valence-electron chi connectivity index (χ2n) is 1.50. The summed E-state index contributed by atoms with van der Waals surface area (Å²) in [6.45, 7) is 0. The number of aromatic nitrogens is 1. The minimum Gasteiger partial charge on any atom is -0.476 e. The summed E-state index contributed by atoms with van der Waals surface area (Å²) in [6, 6.07) is 0. The highest BCUT2D eigenvalue weighted by Crippen LogP contribution is 2.06. The molecule has 1 N–H and O–H groups in total. The lowest BCUT2D eigenvalue weighted by molar-refractivity contribution is 0.0696. The molecule has 5 heteroatoms. The maximum absolute atomic E-state index is 10.2. The van der Waals surface area contributed by atoms with Crippen LogP contribution in [-0.4, -0.2) is 22.3 Å². The van der Waals surface area contributed by atoms with Crippen LogP contribution in [0, 0.1) is 0 Å². The van der Waals surface area contributed by atoms with Gasteiger partial charge < -0.3 is 5.11 Å². The molecule has 0 radical (unpaired) electrons. The average Bonchev–Trinajstić information content (AvgIpc) is 2.34. The molecule has 0 aliphatic heterocycles. The van der Waals surface area contributed by atoms with E-state index < -0.39 is 5.97 Å². The number of rotatable bonds is 2. The Bertz CT molecular complexity index is 268. The third kappa shape index (κ3) is 1.19. The number of aldehydes is 1. The highest BCUT2D eigenvalue weighted by Gasteiger charge is 2.06. The van der Waals surface area contributed by atoms with Crippen molar-refractivity contribution in [2.24, 2.45) is 0 Å². The molecule has 10 heavy (non-hydrogen) atoms. The van der Waals surface area contributed by atoms with E-state index >= 15 is 0 Å². The molecule has 0 atom stereocenters. The smallest absolute Gasteiger partial charge is 0.365 e. The molecule has 0 bridgehead atoms. The van der Waals surface area contributed by atoms with E-state index in [1.807, 2.05) is 0 Å². The van der Waals surface area contributed by atoms with Gasteiger partial charge in [0.1, 0.15) is 5.69 Å². The van der Waals surface area contributed by atoms with Gasteiger partial charge in [-0.2, -0.15) is 0 Å². The summed E-state index contributed by atoms with van der Waals surface area (Å²) in [7, 11) is 0. The van der Waals surface area contributed by atoms with Crippen LogP contribution in [-0.2, 0) is 0 Å². The molecule has 1 heterocycles. The quantitative estimate of drug-likeness (QED) is 0.640. The average molecular weight is 157 g/mol. The predicted octanol–water partition coefficient (Wildman–Crippen LogP) is 0.654. The fourth-order valence-electron chi connectivity index (χ4n) is 0.439. The number of nitrogens with zero attached hydrogens (tertiary/aromatic N) is 1. The molecule has 0 saturated carbocycles. The van der Waals surface area contributed by atoms with Gasteiger partial charge in [-0.05, 0) is 0 Å². The lowest BCUT2D eigenvalue weighted by atomic mass is 10.5. The maximum atomic E-state index is 10.2. The van der Waals surface area contributed by atoms with Crippen molar-refractivity contribution in [3.8, 4) is 0 Å². The molecule has 0 spiro atoms. The molecule has 4 nitrogen and oxygen atoms in total. The zero-order valence-electron chi connectivity index (χ0n) is 4.77. The third-order valence-electron chi connectivity index (χ3n) is 0.826. The Balaban J connectivity index is 2.98. The second kappa shape index (κ2) is 2.57. The van der Waals surface area contributed by atoms with Crippen molar-refractivity contribution < 1.29 is 14.7 Å². The first-order valence-electron chi connectivity index (χ1n) is 2.38. The first-order valence-corrected chi connectivity index (χ1v) is 3.26. The predicted molar refractivity (Wildman–Crippen MR) is 34.5 cm³/mol. The van der Waals surface area contributed by atoms with Gasteiger partial charge in [-0.15, -0.1) is 11.3 Å². The van der Waals surface area contributed by atoms with Crippen molar-refractivity contribution >= 4 is 23.6 Å². The summed E-state index contributed by atoms with van der Waals surface area (Å²) in [5.74, 6) is -1.10. The summed E-state index contributed by atoms with van der Waals surface area (Å²) in [5.41, 5.74) is 0.169. The molecule has 0 aliphatic rings. The topological polar surface area (TPSA) is 67.3 Å². The first kappa shape index (κ1) is 6.88. The Morgan fingerprint density at radius 1 is 1.80 bits per heavy atom. The number of thiazole rings is 1. The highest BCUT2D eigenvalue weighted by atomic mass is 32.1. The summed E-state index contributed by atoms with van der Waals surface area (Å²) >= 11 is 0.940. The highest BCUT2D eigenvalue weighted by molar-refractivity contribution is 7.11. The van der Waals surface area contributed by atoms with Gasteiger partial charge in [-0.25, -0.2) is 9.78 Å². The standard InChI is InChI=1S/C5H3NO3S/c7-1-3-2-10-4(6-3)5(8)9/h1-2H,(H,8,9). The zero-order valence-corrected chi connectivity index (χ0v) is 5.59. The Kier molecular flexibility index (Phi) is 1.77. The molecule has 0 aromatic carbocycles. The molecule has 1 aromatic heterocycles. The van der Waals surface area contributed by atoms with Crippen LogP contribution >= 0.6 is 11.3 Å². The van der Waals surface area contributed by atoms with Crippen LogP contribution in [0.1, 0.15) is 20.3 Å². The molecule has 0 unspecified atom stereocenters. The van der Waals surface area contributed by atoms with Gasteiger partial charge in [-0.1, -0.05) is 0 Å². The van der Waals surface area contributed by atoms with Crippen molar-refractivity contribution in [1.29, 1.82) is 0 Å². The summed E-state index contributed by atoms with van der Waals surface area (Å²) < 4.78 is 0. The van der Waals surface area contributed by atoms with Crippen LogP contribution in [0.5, 0.6) is 0 Å². The Hall–Kier alpha value is -1.23. The monoisotopic (exact) mass is 157 g/mol. The fraction of sp³-hybridized carbons (Fsp3) is 0. The molecule has 0 aliphatic carbocycles. The lowest BCUT2D eigenvalue weighted by Gasteiger charge is -1.78. The van der Waals surface area contributed by atoms with Gasteiger partial charge in [0.25, 0.3) is 0 Å². The van der Waals surface area contributed by atoms with Crippen molar-refractivity contribution in [3.63, 3.8) is 0 Å². The number of carbonyl (C=O) groups excluding carboxylic acids is 1.